The van der Waals surface area contributed by atoms with Crippen LogP contribution in [0.15, 0.2) is 53.4 Å². The number of rotatable bonds is 2. The van der Waals surface area contributed by atoms with Crippen molar-refractivity contribution in [3.05, 3.63) is 65.2 Å². The topological polar surface area (TPSA) is 151 Å². The van der Waals surface area contributed by atoms with E-state index in [0.29, 0.717) is 28.1 Å². The van der Waals surface area contributed by atoms with Crippen LogP contribution in [-0.2, 0) is 15.6 Å². The average molecular weight is 452 g/mol. The number of pyridine rings is 1. The monoisotopic (exact) mass is 452 g/mol. The lowest BCUT2D eigenvalue weighted by molar-refractivity contribution is 0.102. The van der Waals surface area contributed by atoms with E-state index in [1.807, 2.05) is 6.07 Å². The quantitative estimate of drug-likeness (QED) is 0.703. The van der Waals surface area contributed by atoms with Gasteiger partial charge in [0.1, 0.15) is 28.3 Å². The number of benzene rings is 1. The maximum absolute atomic E-state index is 13.2. The second-order valence-electron chi connectivity index (χ2n) is 7.70. The van der Waals surface area contributed by atoms with Crippen LogP contribution in [0.4, 0.5) is 5.69 Å². The Morgan fingerprint density at radius 1 is 1.34 bits per heavy atom. The number of guanidine groups is 1. The number of aromatic nitrogens is 1. The molecule has 0 unspecified atom stereocenters. The summed E-state index contributed by atoms with van der Waals surface area (Å²) in [4.78, 5) is 21.1. The summed E-state index contributed by atoms with van der Waals surface area (Å²) in [5.41, 5.74) is 6.46. The molecule has 1 aromatic carbocycles. The van der Waals surface area contributed by atoms with Crippen molar-refractivity contribution in [2.24, 2.45) is 10.7 Å². The molecule has 2 aromatic rings. The lowest BCUT2D eigenvalue weighted by Gasteiger charge is -2.41. The van der Waals surface area contributed by atoms with Gasteiger partial charge in [0.25, 0.3) is 5.91 Å². The van der Waals surface area contributed by atoms with Crippen LogP contribution in [0.2, 0.25) is 0 Å². The molecule has 0 aliphatic carbocycles. The number of nitrogens with two attached hydrogens (primary N) is 1. The molecule has 32 heavy (non-hydrogen) atoms. The van der Waals surface area contributed by atoms with Gasteiger partial charge < -0.3 is 15.8 Å². The number of sulfonamides is 1. The van der Waals surface area contributed by atoms with Crippen molar-refractivity contribution in [2.45, 2.75) is 24.6 Å². The molecule has 0 fully saturated rings. The first-order chi connectivity index (χ1) is 15.1. The number of hydrogen-bond acceptors (Lipinski definition) is 8. The van der Waals surface area contributed by atoms with Crippen molar-refractivity contribution >= 4 is 27.6 Å². The standard InChI is InChI=1S/C21H20N6O4S/c1-12-11-31-17-7-5-14(25-19(28)16-6-4-13(9-22)10-24-16)8-15(17)21(2)18(12)32(29,30)27(3)20(23)26-21/h4-8,10-11,18H,1-3H3,(H2,23,26)(H,25,28)/t18-,21+/m0/s1. The zero-order chi connectivity index (χ0) is 23.3. The number of carbonyl (C=O) groups is 1. The second-order valence-corrected chi connectivity index (χ2v) is 9.75. The molecule has 0 radical (unpaired) electrons. The summed E-state index contributed by atoms with van der Waals surface area (Å²) in [6.45, 7) is 3.34. The molecule has 0 saturated carbocycles. The lowest BCUT2D eigenvalue weighted by atomic mass is 9.85. The Hall–Kier alpha value is -3.91. The van der Waals surface area contributed by atoms with Gasteiger partial charge in [-0.25, -0.2) is 22.7 Å². The molecular formula is C21H20N6O4S. The Morgan fingerprint density at radius 3 is 2.75 bits per heavy atom. The van der Waals surface area contributed by atoms with Gasteiger partial charge in [-0.3, -0.25) is 4.79 Å². The van der Waals surface area contributed by atoms with Crippen molar-refractivity contribution in [1.82, 2.24) is 9.29 Å². The number of amides is 1. The summed E-state index contributed by atoms with van der Waals surface area (Å²) in [6, 6.07) is 9.76. The van der Waals surface area contributed by atoms with Crippen LogP contribution < -0.4 is 15.8 Å². The Kier molecular flexibility index (Phi) is 4.90. The van der Waals surface area contributed by atoms with E-state index in [-0.39, 0.29) is 11.7 Å². The van der Waals surface area contributed by atoms with Gasteiger partial charge >= 0.3 is 0 Å². The van der Waals surface area contributed by atoms with E-state index in [9.17, 15) is 13.2 Å². The van der Waals surface area contributed by atoms with Crippen molar-refractivity contribution in [3.8, 4) is 11.8 Å². The zero-order valence-electron chi connectivity index (χ0n) is 17.5. The third kappa shape index (κ3) is 3.25. The molecule has 2 atom stereocenters. The normalized spacial score (nSPS) is 23.3. The van der Waals surface area contributed by atoms with Crippen LogP contribution in [0.3, 0.4) is 0 Å². The summed E-state index contributed by atoms with van der Waals surface area (Å²) in [7, 11) is -2.51. The first kappa shape index (κ1) is 21.3. The van der Waals surface area contributed by atoms with Gasteiger partial charge in [0, 0.05) is 24.5 Å². The molecule has 164 valence electrons. The van der Waals surface area contributed by atoms with Crippen LogP contribution in [0.1, 0.15) is 35.5 Å². The van der Waals surface area contributed by atoms with Gasteiger partial charge in [-0.05, 0) is 49.8 Å². The maximum atomic E-state index is 13.2. The zero-order valence-corrected chi connectivity index (χ0v) is 18.3. The molecule has 2 aliphatic heterocycles. The van der Waals surface area contributed by atoms with Gasteiger partial charge in [-0.1, -0.05) is 0 Å². The predicted octanol–water partition coefficient (Wildman–Crippen LogP) is 1.68. The molecule has 0 spiro atoms. The Morgan fingerprint density at radius 2 is 2.09 bits per heavy atom. The van der Waals surface area contributed by atoms with E-state index < -0.39 is 26.7 Å². The van der Waals surface area contributed by atoms with Crippen molar-refractivity contribution in [3.63, 3.8) is 0 Å². The summed E-state index contributed by atoms with van der Waals surface area (Å²) >= 11 is 0. The van der Waals surface area contributed by atoms with Crippen LogP contribution in [-0.4, -0.2) is 41.9 Å². The second kappa shape index (κ2) is 7.35. The summed E-state index contributed by atoms with van der Waals surface area (Å²) in [5.74, 6) is -0.222. The number of carbonyl (C=O) groups excluding carboxylic acids is 1. The number of hydrogen-bond donors (Lipinski definition) is 2. The first-order valence-corrected chi connectivity index (χ1v) is 11.1. The number of ether oxygens (including phenoxy) is 1. The number of fused-ring (bicyclic) bond motifs is 3. The molecule has 0 saturated heterocycles. The summed E-state index contributed by atoms with van der Waals surface area (Å²) < 4.78 is 33.1. The van der Waals surface area contributed by atoms with Gasteiger partial charge in [-0.2, -0.15) is 5.26 Å². The van der Waals surface area contributed by atoms with E-state index in [1.54, 1.807) is 32.0 Å². The van der Waals surface area contributed by atoms with Crippen LogP contribution in [0.25, 0.3) is 0 Å². The minimum absolute atomic E-state index is 0.126. The van der Waals surface area contributed by atoms with Crippen LogP contribution in [0.5, 0.6) is 5.75 Å². The smallest absolute Gasteiger partial charge is 0.274 e. The fourth-order valence-corrected chi connectivity index (χ4v) is 5.84. The molecule has 1 aromatic heterocycles. The summed E-state index contributed by atoms with van der Waals surface area (Å²) in [6.07, 6.45) is 2.71. The van der Waals surface area contributed by atoms with Crippen LogP contribution in [0, 0.1) is 11.3 Å². The Balaban J connectivity index is 1.77. The van der Waals surface area contributed by atoms with E-state index in [2.05, 4.69) is 15.3 Å². The minimum Gasteiger partial charge on any atom is -0.465 e. The number of nitriles is 1. The number of anilines is 1. The van der Waals surface area contributed by atoms with E-state index in [1.165, 1.54) is 31.6 Å². The number of nitrogens with zero attached hydrogens (tertiary/aromatic N) is 4. The fourth-order valence-electron chi connectivity index (χ4n) is 3.94. The molecule has 4 rings (SSSR count). The SMILES string of the molecule is CC1=COc2ccc(NC(=O)c3ccc(C#N)cn3)cc2[C@@]2(C)N=C(N)N(C)S(=O)(=O)[C@@H]12. The molecule has 11 heteroatoms. The fraction of sp³-hybridized carbons (Fsp3) is 0.238. The Labute approximate surface area is 185 Å². The first-order valence-electron chi connectivity index (χ1n) is 9.56. The highest BCUT2D eigenvalue weighted by atomic mass is 32.2. The molecule has 3 heterocycles. The average Bonchev–Trinajstić information content (AvgIpc) is 2.86. The highest BCUT2D eigenvalue weighted by Gasteiger charge is 2.53. The highest BCUT2D eigenvalue weighted by molar-refractivity contribution is 7.90. The molecule has 1 amide bonds. The Bertz CT molecular complexity index is 1330. The van der Waals surface area contributed by atoms with Crippen molar-refractivity contribution in [2.75, 3.05) is 12.4 Å². The lowest BCUT2D eigenvalue weighted by Crippen LogP contribution is -2.56. The van der Waals surface area contributed by atoms with Crippen molar-refractivity contribution in [1.29, 1.82) is 5.26 Å². The predicted molar refractivity (Wildman–Crippen MR) is 117 cm³/mol. The number of aliphatic imine (C=N–C) groups is 1. The van der Waals surface area contributed by atoms with Gasteiger partial charge in [0.2, 0.25) is 16.0 Å². The van der Waals surface area contributed by atoms with E-state index in [0.717, 1.165) is 4.31 Å². The number of nitrogens with one attached hydrogen (secondary N) is 1. The molecule has 0 bridgehead atoms. The van der Waals surface area contributed by atoms with Gasteiger partial charge in [0.05, 0.1) is 11.8 Å². The van der Waals surface area contributed by atoms with E-state index >= 15 is 0 Å². The van der Waals surface area contributed by atoms with Crippen LogP contribution >= 0.6 is 0 Å². The van der Waals surface area contributed by atoms with E-state index in [4.69, 9.17) is 15.7 Å². The largest absolute Gasteiger partial charge is 0.465 e. The minimum atomic E-state index is -3.87. The third-order valence-electron chi connectivity index (χ3n) is 5.55. The van der Waals surface area contributed by atoms with Gasteiger partial charge in [-0.15, -0.1) is 0 Å². The highest BCUT2D eigenvalue weighted by Crippen LogP contribution is 2.47. The molecule has 2 aliphatic rings. The maximum Gasteiger partial charge on any atom is 0.274 e. The van der Waals surface area contributed by atoms with Gasteiger partial charge in [0.15, 0.2) is 0 Å². The molecule has 10 nitrogen and oxygen atoms in total. The third-order valence-corrected chi connectivity index (χ3v) is 7.93. The summed E-state index contributed by atoms with van der Waals surface area (Å²) in [5, 5.41) is 10.6. The molecule has 3 N–H and O–H groups in total. The molecular weight excluding hydrogens is 432 g/mol. The van der Waals surface area contributed by atoms with Crippen molar-refractivity contribution < 1.29 is 17.9 Å².